The van der Waals surface area contributed by atoms with E-state index in [9.17, 15) is 4.79 Å². The predicted octanol–water partition coefficient (Wildman–Crippen LogP) is 5.51. The first-order valence-electron chi connectivity index (χ1n) is 7.56. The number of nitrogens with zero attached hydrogens (tertiary/aromatic N) is 1. The molecule has 3 aromatic rings. The van der Waals surface area contributed by atoms with Crippen molar-refractivity contribution in [3.05, 3.63) is 58.1 Å². The second kappa shape index (κ2) is 6.83. The molecule has 2 aromatic carbocycles. The zero-order valence-corrected chi connectivity index (χ0v) is 14.7. The van der Waals surface area contributed by atoms with Crippen LogP contribution < -0.4 is 5.32 Å². The number of rotatable bonds is 4. The molecule has 0 saturated carbocycles. The fourth-order valence-corrected chi connectivity index (χ4v) is 2.94. The van der Waals surface area contributed by atoms with E-state index in [0.29, 0.717) is 21.1 Å². The fraction of sp³-hybridized carbons (Fsp3) is 0.222. The lowest BCUT2D eigenvalue weighted by Crippen LogP contribution is -2.25. The highest BCUT2D eigenvalue weighted by Gasteiger charge is 2.25. The predicted molar refractivity (Wildman–Crippen MR) is 96.7 cm³/mol. The van der Waals surface area contributed by atoms with Gasteiger partial charge in [0.1, 0.15) is 5.52 Å². The number of carbonyl (C=O) groups is 1. The van der Waals surface area contributed by atoms with Crippen molar-refractivity contribution in [1.82, 2.24) is 4.98 Å². The lowest BCUT2D eigenvalue weighted by atomic mass is 9.88. The summed E-state index contributed by atoms with van der Waals surface area (Å²) in [4.78, 5) is 17.0. The Labute approximate surface area is 149 Å². The third kappa shape index (κ3) is 3.55. The van der Waals surface area contributed by atoms with Crippen LogP contribution in [0.1, 0.15) is 25.3 Å². The minimum atomic E-state index is -0.333. The van der Waals surface area contributed by atoms with Gasteiger partial charge < -0.3 is 4.42 Å². The highest BCUT2D eigenvalue weighted by molar-refractivity contribution is 6.31. The van der Waals surface area contributed by atoms with Gasteiger partial charge in [0.2, 0.25) is 5.91 Å². The average Bonchev–Trinajstić information content (AvgIpc) is 2.90. The zero-order valence-electron chi connectivity index (χ0n) is 13.2. The number of benzene rings is 2. The fourth-order valence-electron chi connectivity index (χ4n) is 2.65. The molecule has 0 radical (unpaired) electrons. The molecular formula is C18H16Cl2N2O2. The summed E-state index contributed by atoms with van der Waals surface area (Å²) < 4.78 is 5.56. The average molecular weight is 363 g/mol. The molecule has 124 valence electrons. The minimum absolute atomic E-state index is 0.102. The van der Waals surface area contributed by atoms with Gasteiger partial charge in [-0.3, -0.25) is 10.1 Å². The third-order valence-corrected chi connectivity index (χ3v) is 4.25. The van der Waals surface area contributed by atoms with Crippen LogP contribution in [0.2, 0.25) is 10.0 Å². The highest BCUT2D eigenvalue weighted by Crippen LogP contribution is 2.28. The molecule has 0 aliphatic carbocycles. The Hall–Kier alpha value is -2.04. The molecular weight excluding hydrogens is 347 g/mol. The van der Waals surface area contributed by atoms with Gasteiger partial charge in [-0.15, -0.1) is 0 Å². The second-order valence-electron chi connectivity index (χ2n) is 5.89. The maximum absolute atomic E-state index is 12.7. The van der Waals surface area contributed by atoms with E-state index in [1.54, 1.807) is 30.3 Å². The standard InChI is InChI=1S/C18H16Cl2N2O2/c1-10(2)16(11-3-5-12(19)6-4-11)17(23)22-18-21-14-9-13(20)7-8-15(14)24-18/h3-10,16H,1-2H3,(H,21,22,23)/t16-/m0/s1. The van der Waals surface area contributed by atoms with Crippen LogP contribution in [0.25, 0.3) is 11.1 Å². The second-order valence-corrected chi connectivity index (χ2v) is 6.77. The van der Waals surface area contributed by atoms with Crippen molar-refractivity contribution in [3.8, 4) is 0 Å². The van der Waals surface area contributed by atoms with Gasteiger partial charge in [-0.2, -0.15) is 4.98 Å². The lowest BCUT2D eigenvalue weighted by Gasteiger charge is -2.19. The molecule has 4 nitrogen and oxygen atoms in total. The number of anilines is 1. The smallest absolute Gasteiger partial charge is 0.302 e. The quantitative estimate of drug-likeness (QED) is 0.665. The summed E-state index contributed by atoms with van der Waals surface area (Å²) in [6, 6.07) is 12.6. The summed E-state index contributed by atoms with van der Waals surface area (Å²) in [5.74, 6) is -0.407. The highest BCUT2D eigenvalue weighted by atomic mass is 35.5. The van der Waals surface area contributed by atoms with Crippen molar-refractivity contribution in [3.63, 3.8) is 0 Å². The maximum Gasteiger partial charge on any atom is 0.302 e. The zero-order chi connectivity index (χ0) is 17.3. The van der Waals surface area contributed by atoms with Crippen LogP contribution in [0.15, 0.2) is 46.9 Å². The van der Waals surface area contributed by atoms with E-state index < -0.39 is 0 Å². The summed E-state index contributed by atoms with van der Waals surface area (Å²) in [7, 11) is 0. The first kappa shape index (κ1) is 16.8. The summed E-state index contributed by atoms with van der Waals surface area (Å²) in [6.45, 7) is 3.98. The Kier molecular flexibility index (Phi) is 4.78. The lowest BCUT2D eigenvalue weighted by molar-refractivity contribution is -0.118. The maximum atomic E-state index is 12.7. The number of halogens is 2. The van der Waals surface area contributed by atoms with Crippen molar-refractivity contribution >= 4 is 46.2 Å². The summed E-state index contributed by atoms with van der Waals surface area (Å²) in [5, 5.41) is 3.95. The number of aromatic nitrogens is 1. The van der Waals surface area contributed by atoms with E-state index in [4.69, 9.17) is 27.6 Å². The van der Waals surface area contributed by atoms with Gasteiger partial charge in [-0.1, -0.05) is 49.2 Å². The van der Waals surface area contributed by atoms with Gasteiger partial charge in [-0.25, -0.2) is 0 Å². The van der Waals surface area contributed by atoms with Gasteiger partial charge in [0.05, 0.1) is 5.92 Å². The van der Waals surface area contributed by atoms with Gasteiger partial charge in [0.15, 0.2) is 5.58 Å². The molecule has 6 heteroatoms. The van der Waals surface area contributed by atoms with Crippen LogP contribution in [0.5, 0.6) is 0 Å². The number of oxazole rings is 1. The molecule has 0 aliphatic rings. The summed E-state index contributed by atoms with van der Waals surface area (Å²) >= 11 is 11.9. The number of nitrogens with one attached hydrogen (secondary N) is 1. The molecule has 0 saturated heterocycles. The van der Waals surface area contributed by atoms with Crippen molar-refractivity contribution in [1.29, 1.82) is 0 Å². The summed E-state index contributed by atoms with van der Waals surface area (Å²) in [6.07, 6.45) is 0. The van der Waals surface area contributed by atoms with Crippen LogP contribution in [0.3, 0.4) is 0 Å². The number of hydrogen-bond donors (Lipinski definition) is 1. The molecule has 0 fully saturated rings. The third-order valence-electron chi connectivity index (χ3n) is 3.76. The molecule has 1 amide bonds. The number of fused-ring (bicyclic) bond motifs is 1. The molecule has 0 bridgehead atoms. The summed E-state index contributed by atoms with van der Waals surface area (Å²) in [5.41, 5.74) is 2.07. The van der Waals surface area contributed by atoms with E-state index >= 15 is 0 Å². The monoisotopic (exact) mass is 362 g/mol. The Balaban J connectivity index is 1.85. The van der Waals surface area contributed by atoms with Crippen LogP contribution in [0.4, 0.5) is 6.01 Å². The topological polar surface area (TPSA) is 55.1 Å². The van der Waals surface area contributed by atoms with Gasteiger partial charge in [0, 0.05) is 10.0 Å². The molecule has 0 aliphatic heterocycles. The minimum Gasteiger partial charge on any atom is -0.423 e. The van der Waals surface area contributed by atoms with Crippen molar-refractivity contribution in [2.24, 2.45) is 5.92 Å². The van der Waals surface area contributed by atoms with Crippen molar-refractivity contribution in [2.75, 3.05) is 5.32 Å². The molecule has 1 aromatic heterocycles. The van der Waals surface area contributed by atoms with Crippen LogP contribution in [-0.2, 0) is 4.79 Å². The molecule has 1 atom stereocenters. The number of amides is 1. The van der Waals surface area contributed by atoms with Crippen molar-refractivity contribution in [2.45, 2.75) is 19.8 Å². The molecule has 1 heterocycles. The van der Waals surface area contributed by atoms with Crippen LogP contribution >= 0.6 is 23.2 Å². The van der Waals surface area contributed by atoms with Gasteiger partial charge in [0.25, 0.3) is 0 Å². The van der Waals surface area contributed by atoms with E-state index in [2.05, 4.69) is 10.3 Å². The molecule has 1 N–H and O–H groups in total. The number of hydrogen-bond acceptors (Lipinski definition) is 3. The number of carbonyl (C=O) groups excluding carboxylic acids is 1. The largest absolute Gasteiger partial charge is 0.423 e. The Morgan fingerprint density at radius 2 is 1.75 bits per heavy atom. The van der Waals surface area contributed by atoms with Crippen LogP contribution in [-0.4, -0.2) is 10.9 Å². The normalized spacial score (nSPS) is 12.5. The van der Waals surface area contributed by atoms with Gasteiger partial charge >= 0.3 is 6.01 Å². The van der Waals surface area contributed by atoms with E-state index in [-0.39, 0.29) is 23.8 Å². The van der Waals surface area contributed by atoms with Crippen LogP contribution in [0, 0.1) is 5.92 Å². The molecule has 0 unspecified atom stereocenters. The molecule has 24 heavy (non-hydrogen) atoms. The molecule has 3 rings (SSSR count). The first-order valence-corrected chi connectivity index (χ1v) is 8.32. The SMILES string of the molecule is CC(C)[C@H](C(=O)Nc1nc2cc(Cl)ccc2o1)c1ccc(Cl)cc1. The molecule has 0 spiro atoms. The Morgan fingerprint density at radius 3 is 2.42 bits per heavy atom. The van der Waals surface area contributed by atoms with E-state index in [1.165, 1.54) is 0 Å². The Morgan fingerprint density at radius 1 is 1.08 bits per heavy atom. The van der Waals surface area contributed by atoms with E-state index in [0.717, 1.165) is 5.56 Å². The van der Waals surface area contributed by atoms with Gasteiger partial charge in [-0.05, 0) is 41.8 Å². The Bertz CT molecular complexity index is 872. The van der Waals surface area contributed by atoms with Crippen molar-refractivity contribution < 1.29 is 9.21 Å². The first-order chi connectivity index (χ1) is 11.4. The van der Waals surface area contributed by atoms with E-state index in [1.807, 2.05) is 26.0 Å².